The van der Waals surface area contributed by atoms with Crippen LogP contribution in [-0.4, -0.2) is 21.8 Å². The van der Waals surface area contributed by atoms with Crippen molar-refractivity contribution in [2.45, 2.75) is 0 Å². The molecule has 5 nitrogen and oxygen atoms in total. The molecule has 2 aromatic heterocycles. The van der Waals surface area contributed by atoms with Gasteiger partial charge in [-0.2, -0.15) is 0 Å². The summed E-state index contributed by atoms with van der Waals surface area (Å²) in [5, 5.41) is 6.56. The van der Waals surface area contributed by atoms with Gasteiger partial charge in [0.1, 0.15) is 5.88 Å². The lowest BCUT2D eigenvalue weighted by Gasteiger charge is -2.13. The minimum Gasteiger partial charge on any atom is -0.398 e. The zero-order chi connectivity index (χ0) is 23.2. The van der Waals surface area contributed by atoms with Crippen LogP contribution < -0.4 is 11.1 Å². The quantitative estimate of drug-likeness (QED) is 0.232. The number of hydrogen-bond donors (Lipinski definition) is 2. The van der Waals surface area contributed by atoms with E-state index in [0.717, 1.165) is 60.4 Å². The Morgan fingerprint density at radius 1 is 0.706 bits per heavy atom. The molecule has 0 spiro atoms. The van der Waals surface area contributed by atoms with Crippen molar-refractivity contribution in [1.29, 1.82) is 0 Å². The maximum absolute atomic E-state index is 12.2. The van der Waals surface area contributed by atoms with Gasteiger partial charge in [-0.1, -0.05) is 54.6 Å². The third-order valence-corrected chi connectivity index (χ3v) is 6.37. The number of carbonyl (C=O) groups is 1. The van der Waals surface area contributed by atoms with Crippen molar-refractivity contribution in [3.63, 3.8) is 0 Å². The summed E-state index contributed by atoms with van der Waals surface area (Å²) in [6, 6.07) is 27.8. The standard InChI is InChI=1S/C28H19ClN4O/c29-15-26(34)33-28-20-6-2-4-8-23(20)31-24-12-10-16(13-21(24)28)17-9-11-19-25(14-17)32-22-7-3-1-5-18(22)27(19)30/h1-14H,15H2,(H2,30,32)(H,31,33,34). The van der Waals surface area contributed by atoms with Gasteiger partial charge in [0.25, 0.3) is 0 Å². The van der Waals surface area contributed by atoms with E-state index in [1.54, 1.807) is 0 Å². The minimum atomic E-state index is -0.262. The first-order chi connectivity index (χ1) is 16.6. The molecule has 6 rings (SSSR count). The van der Waals surface area contributed by atoms with Gasteiger partial charge >= 0.3 is 0 Å². The van der Waals surface area contributed by atoms with Crippen LogP contribution in [0.25, 0.3) is 54.7 Å². The Hall–Kier alpha value is -4.22. The van der Waals surface area contributed by atoms with Crippen LogP contribution in [-0.2, 0) is 4.79 Å². The molecule has 0 saturated carbocycles. The molecule has 0 aliphatic heterocycles. The number of halogens is 1. The molecule has 6 heteroatoms. The first-order valence-electron chi connectivity index (χ1n) is 10.9. The van der Waals surface area contributed by atoms with E-state index in [9.17, 15) is 4.79 Å². The number of benzene rings is 4. The zero-order valence-corrected chi connectivity index (χ0v) is 18.8. The maximum Gasteiger partial charge on any atom is 0.239 e. The first kappa shape index (κ1) is 20.4. The third-order valence-electron chi connectivity index (χ3n) is 6.12. The number of amides is 1. The van der Waals surface area contributed by atoms with Crippen molar-refractivity contribution in [3.05, 3.63) is 84.9 Å². The van der Waals surface area contributed by atoms with E-state index in [1.807, 2.05) is 84.9 Å². The molecule has 0 fully saturated rings. The number of pyridine rings is 2. The molecule has 1 amide bonds. The van der Waals surface area contributed by atoms with E-state index < -0.39 is 0 Å². The van der Waals surface area contributed by atoms with E-state index >= 15 is 0 Å². The number of para-hydroxylation sites is 2. The molecule has 0 saturated heterocycles. The van der Waals surface area contributed by atoms with Gasteiger partial charge in [0.05, 0.1) is 33.4 Å². The van der Waals surface area contributed by atoms with Crippen LogP contribution in [0.1, 0.15) is 0 Å². The normalized spacial score (nSPS) is 11.4. The van der Waals surface area contributed by atoms with Crippen LogP contribution in [0.3, 0.4) is 0 Å². The zero-order valence-electron chi connectivity index (χ0n) is 18.0. The summed E-state index contributed by atoms with van der Waals surface area (Å²) >= 11 is 5.80. The van der Waals surface area contributed by atoms with Gasteiger partial charge in [0.15, 0.2) is 0 Å². The van der Waals surface area contributed by atoms with Crippen molar-refractivity contribution in [2.24, 2.45) is 0 Å². The van der Waals surface area contributed by atoms with E-state index in [1.165, 1.54) is 0 Å². The molecule has 0 aliphatic rings. The number of hydrogen-bond acceptors (Lipinski definition) is 4. The van der Waals surface area contributed by atoms with Crippen LogP contribution in [0.2, 0.25) is 0 Å². The van der Waals surface area contributed by atoms with Crippen molar-refractivity contribution in [1.82, 2.24) is 9.97 Å². The number of anilines is 2. The van der Waals surface area contributed by atoms with Crippen LogP contribution in [0.4, 0.5) is 11.4 Å². The molecular weight excluding hydrogens is 444 g/mol. The summed E-state index contributed by atoms with van der Waals surface area (Å²) < 4.78 is 0. The molecule has 0 atom stereocenters. The summed E-state index contributed by atoms with van der Waals surface area (Å²) in [6.07, 6.45) is 0. The smallest absolute Gasteiger partial charge is 0.239 e. The van der Waals surface area contributed by atoms with Gasteiger partial charge in [-0.15, -0.1) is 11.6 Å². The number of nitrogens with zero attached hydrogens (tertiary/aromatic N) is 2. The molecule has 34 heavy (non-hydrogen) atoms. The summed E-state index contributed by atoms with van der Waals surface area (Å²) in [6.45, 7) is 0. The van der Waals surface area contributed by atoms with E-state index in [0.29, 0.717) is 5.69 Å². The highest BCUT2D eigenvalue weighted by Gasteiger charge is 2.14. The summed E-state index contributed by atoms with van der Waals surface area (Å²) in [4.78, 5) is 21.8. The number of nitrogen functional groups attached to an aromatic ring is 1. The lowest BCUT2D eigenvalue weighted by molar-refractivity contribution is -0.113. The average Bonchev–Trinajstić information content (AvgIpc) is 2.88. The molecule has 0 aliphatic carbocycles. The molecule has 164 valence electrons. The predicted octanol–water partition coefficient (Wildman–Crippen LogP) is 6.52. The second kappa shape index (κ2) is 7.97. The van der Waals surface area contributed by atoms with E-state index in [2.05, 4.69) is 5.32 Å². The molecule has 4 aromatic carbocycles. The Kier molecular flexibility index (Phi) is 4.78. The number of aromatic nitrogens is 2. The van der Waals surface area contributed by atoms with Gasteiger partial charge in [-0.25, -0.2) is 9.97 Å². The number of alkyl halides is 1. The molecule has 3 N–H and O–H groups in total. The fourth-order valence-corrected chi connectivity index (χ4v) is 4.55. The SMILES string of the molecule is Nc1c2ccccc2nc2cc(-c3ccc4nc5ccccc5c(NC(=O)CCl)c4c3)ccc12. The van der Waals surface area contributed by atoms with E-state index in [-0.39, 0.29) is 11.8 Å². The number of rotatable bonds is 3. The Morgan fingerprint density at radius 3 is 2.09 bits per heavy atom. The van der Waals surface area contributed by atoms with Crippen LogP contribution in [0, 0.1) is 0 Å². The van der Waals surface area contributed by atoms with Crippen molar-refractivity contribution in [3.8, 4) is 11.1 Å². The molecule has 0 unspecified atom stereocenters. The summed E-state index contributed by atoms with van der Waals surface area (Å²) in [5.41, 5.74) is 13.2. The van der Waals surface area contributed by atoms with Gasteiger partial charge in [0.2, 0.25) is 5.91 Å². The van der Waals surface area contributed by atoms with Gasteiger partial charge in [-0.3, -0.25) is 4.79 Å². The monoisotopic (exact) mass is 462 g/mol. The van der Waals surface area contributed by atoms with E-state index in [4.69, 9.17) is 27.3 Å². The second-order valence-corrected chi connectivity index (χ2v) is 8.46. The highest BCUT2D eigenvalue weighted by atomic mass is 35.5. The fraction of sp³-hybridized carbons (Fsp3) is 0.0357. The molecule has 2 heterocycles. The summed E-state index contributed by atoms with van der Waals surface area (Å²) in [7, 11) is 0. The minimum absolute atomic E-state index is 0.121. The molecule has 0 bridgehead atoms. The van der Waals surface area contributed by atoms with Crippen LogP contribution >= 0.6 is 11.6 Å². The first-order valence-corrected chi connectivity index (χ1v) is 11.4. The number of fused-ring (bicyclic) bond motifs is 4. The Labute approximate surface area is 200 Å². The largest absolute Gasteiger partial charge is 0.398 e. The van der Waals surface area contributed by atoms with Gasteiger partial charge < -0.3 is 11.1 Å². The predicted molar refractivity (Wildman–Crippen MR) is 141 cm³/mol. The number of nitrogens with one attached hydrogen (secondary N) is 1. The Morgan fingerprint density at radius 2 is 1.29 bits per heavy atom. The topological polar surface area (TPSA) is 80.9 Å². The van der Waals surface area contributed by atoms with Crippen LogP contribution in [0.15, 0.2) is 84.9 Å². The van der Waals surface area contributed by atoms with Crippen molar-refractivity contribution < 1.29 is 4.79 Å². The fourth-order valence-electron chi connectivity index (χ4n) is 4.48. The Bertz CT molecular complexity index is 1760. The lowest BCUT2D eigenvalue weighted by atomic mass is 9.99. The average molecular weight is 463 g/mol. The molecular formula is C28H19ClN4O. The van der Waals surface area contributed by atoms with Crippen molar-refractivity contribution in [2.75, 3.05) is 16.9 Å². The molecule has 0 radical (unpaired) electrons. The van der Waals surface area contributed by atoms with Gasteiger partial charge in [0, 0.05) is 21.5 Å². The second-order valence-electron chi connectivity index (χ2n) is 8.19. The Balaban J connectivity index is 1.57. The van der Waals surface area contributed by atoms with Crippen LogP contribution in [0.5, 0.6) is 0 Å². The van der Waals surface area contributed by atoms with Gasteiger partial charge in [-0.05, 0) is 41.5 Å². The van der Waals surface area contributed by atoms with Crippen molar-refractivity contribution >= 4 is 72.5 Å². The number of nitrogens with two attached hydrogens (primary N) is 1. The maximum atomic E-state index is 12.2. The molecule has 6 aromatic rings. The highest BCUT2D eigenvalue weighted by molar-refractivity contribution is 6.30. The highest BCUT2D eigenvalue weighted by Crippen LogP contribution is 2.35. The third kappa shape index (κ3) is 3.29. The number of carbonyl (C=O) groups excluding carboxylic acids is 1. The summed E-state index contributed by atoms with van der Waals surface area (Å²) in [5.74, 6) is -0.384. The lowest BCUT2D eigenvalue weighted by Crippen LogP contribution is -2.13.